The second kappa shape index (κ2) is 7.69. The minimum absolute atomic E-state index is 0.00127. The summed E-state index contributed by atoms with van der Waals surface area (Å²) < 4.78 is 72.8. The molecule has 3 heterocycles. The highest BCUT2D eigenvalue weighted by Crippen LogP contribution is 2.29. The van der Waals surface area contributed by atoms with Crippen LogP contribution >= 0.6 is 0 Å². The van der Waals surface area contributed by atoms with Gasteiger partial charge in [-0.3, -0.25) is 9.48 Å². The second-order valence-corrected chi connectivity index (χ2v) is 9.79. The first-order valence-electron chi connectivity index (χ1n) is 9.47. The highest BCUT2D eigenvalue weighted by molar-refractivity contribution is 7.92. The van der Waals surface area contributed by atoms with Crippen molar-refractivity contribution in [2.75, 3.05) is 13.2 Å². The minimum atomic E-state index is -3.67. The van der Waals surface area contributed by atoms with Crippen LogP contribution in [0, 0.1) is 17.5 Å². The zero-order valence-corrected chi connectivity index (χ0v) is 17.0. The summed E-state index contributed by atoms with van der Waals surface area (Å²) >= 11 is 0. The molecule has 2 atom stereocenters. The molecule has 0 N–H and O–H groups in total. The topological polar surface area (TPSA) is 81.5 Å². The molecule has 1 saturated heterocycles. The van der Waals surface area contributed by atoms with Crippen LogP contribution in [0.4, 0.5) is 13.2 Å². The number of ether oxygens (including phenoxy) is 1. The van der Waals surface area contributed by atoms with E-state index in [9.17, 15) is 26.4 Å². The van der Waals surface area contributed by atoms with Gasteiger partial charge in [-0.25, -0.2) is 21.6 Å². The molecule has 1 amide bonds. The van der Waals surface area contributed by atoms with Crippen LogP contribution in [0.1, 0.15) is 24.6 Å². The molecule has 11 heteroatoms. The zero-order chi connectivity index (χ0) is 21.6. The fourth-order valence-electron chi connectivity index (χ4n) is 3.87. The maximum atomic E-state index is 13.5. The maximum Gasteiger partial charge on any atom is 0.227 e. The van der Waals surface area contributed by atoms with E-state index in [-0.39, 0.29) is 42.6 Å². The lowest BCUT2D eigenvalue weighted by Crippen LogP contribution is -2.46. The summed E-state index contributed by atoms with van der Waals surface area (Å²) in [6.45, 7) is 2.54. The largest absolute Gasteiger partial charge is 0.380 e. The average molecular weight is 443 g/mol. The van der Waals surface area contributed by atoms with Crippen molar-refractivity contribution >= 4 is 15.7 Å². The Morgan fingerprint density at radius 3 is 2.60 bits per heavy atom. The summed E-state index contributed by atoms with van der Waals surface area (Å²) in [5.74, 6) is -4.77. The van der Waals surface area contributed by atoms with Crippen molar-refractivity contribution in [1.29, 1.82) is 0 Å². The Morgan fingerprint density at radius 1 is 1.27 bits per heavy atom. The Morgan fingerprint density at radius 2 is 1.97 bits per heavy atom. The van der Waals surface area contributed by atoms with E-state index >= 15 is 0 Å². The van der Waals surface area contributed by atoms with E-state index < -0.39 is 38.4 Å². The van der Waals surface area contributed by atoms with Gasteiger partial charge in [0.15, 0.2) is 27.3 Å². The molecule has 1 aromatic carbocycles. The van der Waals surface area contributed by atoms with Gasteiger partial charge >= 0.3 is 0 Å². The molecule has 2 aliphatic rings. The Balaban J connectivity index is 1.58. The van der Waals surface area contributed by atoms with E-state index in [4.69, 9.17) is 4.74 Å². The molecule has 30 heavy (non-hydrogen) atoms. The summed E-state index contributed by atoms with van der Waals surface area (Å²) in [6, 6.07) is 1.25. The van der Waals surface area contributed by atoms with E-state index in [0.29, 0.717) is 18.7 Å². The van der Waals surface area contributed by atoms with Gasteiger partial charge in [-0.05, 0) is 31.0 Å². The number of carbonyl (C=O) groups excluding carboxylic acids is 1. The Hall–Kier alpha value is -2.40. The number of rotatable bonds is 4. The molecule has 7 nitrogen and oxygen atoms in total. The molecule has 0 spiro atoms. The lowest BCUT2D eigenvalue weighted by atomic mass is 10.1. The van der Waals surface area contributed by atoms with Crippen molar-refractivity contribution in [3.05, 3.63) is 47.0 Å². The van der Waals surface area contributed by atoms with Crippen LogP contribution < -0.4 is 0 Å². The monoisotopic (exact) mass is 443 g/mol. The molecule has 2 aliphatic heterocycles. The number of carbonyl (C=O) groups is 1. The third-order valence-corrected chi connectivity index (χ3v) is 7.76. The van der Waals surface area contributed by atoms with Crippen LogP contribution in [0.25, 0.3) is 0 Å². The summed E-state index contributed by atoms with van der Waals surface area (Å²) in [6.07, 6.45) is 1.35. The summed E-state index contributed by atoms with van der Waals surface area (Å²) in [5, 5.41) is 3.52. The fraction of sp³-hybridized carbons (Fsp3) is 0.474. The predicted octanol–water partition coefficient (Wildman–Crippen LogP) is 1.84. The Bertz CT molecular complexity index is 1070. The molecule has 0 saturated carbocycles. The average Bonchev–Trinajstić information content (AvgIpc) is 3.35. The molecule has 0 aliphatic carbocycles. The van der Waals surface area contributed by atoms with E-state index in [0.717, 1.165) is 12.1 Å². The van der Waals surface area contributed by atoms with Crippen LogP contribution in [0.5, 0.6) is 0 Å². The fourth-order valence-corrected chi connectivity index (χ4v) is 5.60. The van der Waals surface area contributed by atoms with Crippen LogP contribution in [-0.4, -0.2) is 53.5 Å². The number of aromatic nitrogens is 2. The molecule has 1 aromatic heterocycles. The number of fused-ring (bicyclic) bond motifs is 1. The highest BCUT2D eigenvalue weighted by atomic mass is 32.2. The molecule has 0 radical (unpaired) electrons. The van der Waals surface area contributed by atoms with Crippen molar-refractivity contribution in [3.8, 4) is 0 Å². The van der Waals surface area contributed by atoms with E-state index in [1.165, 1.54) is 11.1 Å². The molecule has 1 fully saturated rings. The van der Waals surface area contributed by atoms with Gasteiger partial charge < -0.3 is 9.64 Å². The van der Waals surface area contributed by atoms with Gasteiger partial charge in [0.1, 0.15) is 4.90 Å². The lowest BCUT2D eigenvalue weighted by molar-refractivity contribution is -0.134. The first-order valence-corrected chi connectivity index (χ1v) is 11.0. The molecule has 1 unspecified atom stereocenters. The van der Waals surface area contributed by atoms with Crippen molar-refractivity contribution in [1.82, 2.24) is 14.7 Å². The first-order chi connectivity index (χ1) is 14.2. The summed E-state index contributed by atoms with van der Waals surface area (Å²) in [5.41, 5.74) is 0.392. The van der Waals surface area contributed by atoms with E-state index in [2.05, 4.69) is 5.10 Å². The number of benzene rings is 1. The Kier molecular flexibility index (Phi) is 5.35. The van der Waals surface area contributed by atoms with Crippen molar-refractivity contribution < 1.29 is 31.1 Å². The van der Waals surface area contributed by atoms with Crippen LogP contribution in [-0.2, 0) is 38.9 Å². The smallest absolute Gasteiger partial charge is 0.227 e. The zero-order valence-electron chi connectivity index (χ0n) is 16.1. The van der Waals surface area contributed by atoms with Crippen molar-refractivity contribution in [2.45, 2.75) is 49.0 Å². The Labute approximate surface area is 171 Å². The third-order valence-electron chi connectivity index (χ3n) is 5.55. The first kappa shape index (κ1) is 20.9. The molecule has 162 valence electrons. The number of halogens is 3. The highest BCUT2D eigenvalue weighted by Gasteiger charge is 2.37. The van der Waals surface area contributed by atoms with Crippen LogP contribution in [0.15, 0.2) is 23.2 Å². The van der Waals surface area contributed by atoms with Gasteiger partial charge in [-0.1, -0.05) is 0 Å². The second-order valence-electron chi connectivity index (χ2n) is 7.59. The molecule has 4 rings (SSSR count). The number of amides is 1. The van der Waals surface area contributed by atoms with Gasteiger partial charge in [0.05, 0.1) is 43.3 Å². The lowest BCUT2D eigenvalue weighted by Gasteiger charge is -2.34. The molecular formula is C19H20F3N3O4S. The maximum absolute atomic E-state index is 13.5. The minimum Gasteiger partial charge on any atom is -0.380 e. The van der Waals surface area contributed by atoms with Gasteiger partial charge in [-0.15, -0.1) is 0 Å². The summed E-state index contributed by atoms with van der Waals surface area (Å²) in [7, 11) is -3.67. The quantitative estimate of drug-likeness (QED) is 0.674. The van der Waals surface area contributed by atoms with Crippen LogP contribution in [0.2, 0.25) is 0 Å². The predicted molar refractivity (Wildman–Crippen MR) is 98.7 cm³/mol. The van der Waals surface area contributed by atoms with Gasteiger partial charge in [0.25, 0.3) is 0 Å². The van der Waals surface area contributed by atoms with Gasteiger partial charge in [0.2, 0.25) is 5.91 Å². The normalized spacial score (nSPS) is 21.7. The van der Waals surface area contributed by atoms with E-state index in [1.54, 1.807) is 11.6 Å². The van der Waals surface area contributed by atoms with Crippen molar-refractivity contribution in [2.24, 2.45) is 0 Å². The number of hydrogen-bond donors (Lipinski definition) is 0. The summed E-state index contributed by atoms with van der Waals surface area (Å²) in [4.78, 5) is 14.3. The van der Waals surface area contributed by atoms with Crippen molar-refractivity contribution in [3.63, 3.8) is 0 Å². The molecular weight excluding hydrogens is 423 g/mol. The van der Waals surface area contributed by atoms with E-state index in [1.807, 2.05) is 0 Å². The number of hydrogen-bond acceptors (Lipinski definition) is 5. The van der Waals surface area contributed by atoms with Gasteiger partial charge in [0, 0.05) is 12.6 Å². The standard InChI is InChI=1S/C19H20F3N3O4S/c1-11-8-25-16(17(7-23-25)30(27,28)13-2-3-29-10-13)9-24(11)18(26)6-12-4-14(20)19(22)15(21)5-12/h4-5,7,11,13H,2-3,6,8-10H2,1H3/t11-,13?/m0/s1. The number of sulfone groups is 1. The third kappa shape index (κ3) is 3.60. The molecule has 0 bridgehead atoms. The van der Waals surface area contributed by atoms with Gasteiger partial charge in [-0.2, -0.15) is 5.10 Å². The molecule has 2 aromatic rings. The SMILES string of the molecule is C[C@H]1Cn2ncc(S(=O)(=O)C3CCOC3)c2CN1C(=O)Cc1cc(F)c(F)c(F)c1. The van der Waals surface area contributed by atoms with Crippen LogP contribution in [0.3, 0.4) is 0 Å². The number of nitrogens with zero attached hydrogens (tertiary/aromatic N) is 3.